The van der Waals surface area contributed by atoms with Crippen LogP contribution in [-0.4, -0.2) is 28.3 Å². The van der Waals surface area contributed by atoms with E-state index < -0.39 is 23.6 Å². The summed E-state index contributed by atoms with van der Waals surface area (Å²) in [5.41, 5.74) is 2.39. The Kier molecular flexibility index (Phi) is 8.07. The average molecular weight is 632 g/mol. The van der Waals surface area contributed by atoms with Crippen LogP contribution in [0.15, 0.2) is 84.9 Å². The number of benzene rings is 2. The van der Waals surface area contributed by atoms with E-state index in [1.54, 1.807) is 48.2 Å². The molecule has 0 aliphatic carbocycles. The van der Waals surface area contributed by atoms with Gasteiger partial charge in [0.15, 0.2) is 0 Å². The summed E-state index contributed by atoms with van der Waals surface area (Å²) in [4.78, 5) is 37.9. The van der Waals surface area contributed by atoms with Gasteiger partial charge in [0.05, 0.1) is 28.5 Å². The third-order valence-corrected chi connectivity index (χ3v) is 8.51. The molecule has 1 aliphatic rings. The lowest BCUT2D eigenvalue weighted by atomic mass is 10.1. The van der Waals surface area contributed by atoms with Gasteiger partial charge in [-0.3, -0.25) is 9.59 Å². The SMILES string of the molecule is Cc1cccc(F)c1NC(=O)c1cc2c(s1)-c1ccccc1N(C(=O)c1cccc(NCc3cccc(C(F)(F)F)n3)n1)CC2. The summed E-state index contributed by atoms with van der Waals surface area (Å²) in [6.07, 6.45) is -4.10. The molecule has 228 valence electrons. The maximum Gasteiger partial charge on any atom is 0.433 e. The van der Waals surface area contributed by atoms with E-state index in [-0.39, 0.29) is 29.5 Å². The lowest BCUT2D eigenvalue weighted by molar-refractivity contribution is -0.141. The minimum absolute atomic E-state index is 0.0201. The monoisotopic (exact) mass is 631 g/mol. The molecule has 0 atom stereocenters. The van der Waals surface area contributed by atoms with Crippen molar-refractivity contribution in [2.24, 2.45) is 0 Å². The van der Waals surface area contributed by atoms with Crippen LogP contribution in [0, 0.1) is 12.7 Å². The molecular formula is C33H25F4N5O2S. The molecule has 0 radical (unpaired) electrons. The number of nitrogens with one attached hydrogen (secondary N) is 2. The Labute approximate surface area is 259 Å². The quantitative estimate of drug-likeness (QED) is 0.187. The van der Waals surface area contributed by atoms with Crippen molar-refractivity contribution in [2.75, 3.05) is 22.1 Å². The van der Waals surface area contributed by atoms with Gasteiger partial charge in [0, 0.05) is 17.0 Å². The number of fused-ring (bicyclic) bond motifs is 3. The van der Waals surface area contributed by atoms with Crippen molar-refractivity contribution in [3.63, 3.8) is 0 Å². The number of para-hydroxylation sites is 2. The van der Waals surface area contributed by atoms with Crippen molar-refractivity contribution < 1.29 is 27.2 Å². The van der Waals surface area contributed by atoms with E-state index in [0.29, 0.717) is 34.9 Å². The molecule has 6 rings (SSSR count). The highest BCUT2D eigenvalue weighted by atomic mass is 32.1. The number of carbonyl (C=O) groups excluding carboxylic acids is 2. The number of thiophene rings is 1. The number of hydrogen-bond donors (Lipinski definition) is 2. The molecule has 4 heterocycles. The summed E-state index contributed by atoms with van der Waals surface area (Å²) in [6, 6.07) is 22.3. The van der Waals surface area contributed by atoms with Gasteiger partial charge in [0.2, 0.25) is 0 Å². The molecule has 5 aromatic rings. The zero-order valence-corrected chi connectivity index (χ0v) is 24.6. The van der Waals surface area contributed by atoms with Crippen LogP contribution < -0.4 is 15.5 Å². The number of aryl methyl sites for hydroxylation is 1. The van der Waals surface area contributed by atoms with Gasteiger partial charge >= 0.3 is 6.18 Å². The topological polar surface area (TPSA) is 87.2 Å². The number of hydrogen-bond acceptors (Lipinski definition) is 6. The van der Waals surface area contributed by atoms with Gasteiger partial charge in [-0.05, 0) is 66.9 Å². The summed E-state index contributed by atoms with van der Waals surface area (Å²) in [6.45, 7) is 2.01. The Hall–Kier alpha value is -5.10. The van der Waals surface area contributed by atoms with Crippen LogP contribution in [0.3, 0.4) is 0 Å². The summed E-state index contributed by atoms with van der Waals surface area (Å²) in [5.74, 6) is -0.976. The molecule has 0 fully saturated rings. The van der Waals surface area contributed by atoms with Gasteiger partial charge in [0.1, 0.15) is 23.0 Å². The Morgan fingerprint density at radius 1 is 0.956 bits per heavy atom. The number of pyridine rings is 2. The standard InChI is InChI=1S/C33H25F4N5O2S/c1-19-7-4-10-23(34)29(19)41-31(43)26-17-20-15-16-42(25-12-3-2-9-22(25)30(20)45-26)32(44)24-11-6-14-28(40-24)38-18-21-8-5-13-27(39-21)33(35,36)37/h2-14,17H,15-16,18H2,1H3,(H,38,40)(H,41,43). The number of nitrogens with zero attached hydrogens (tertiary/aromatic N) is 3. The predicted molar refractivity (Wildman–Crippen MR) is 165 cm³/mol. The molecule has 7 nitrogen and oxygen atoms in total. The van der Waals surface area contributed by atoms with E-state index >= 15 is 0 Å². The van der Waals surface area contributed by atoms with Crippen molar-refractivity contribution in [3.05, 3.63) is 124 Å². The molecular weight excluding hydrogens is 606 g/mol. The molecule has 2 aromatic carbocycles. The first-order chi connectivity index (χ1) is 21.6. The van der Waals surface area contributed by atoms with Gasteiger partial charge in [-0.25, -0.2) is 14.4 Å². The third-order valence-electron chi connectivity index (χ3n) is 7.30. The van der Waals surface area contributed by atoms with Crippen molar-refractivity contribution in [2.45, 2.75) is 26.1 Å². The second-order valence-electron chi connectivity index (χ2n) is 10.3. The van der Waals surface area contributed by atoms with Gasteiger partial charge in [-0.1, -0.05) is 42.5 Å². The molecule has 1 aliphatic heterocycles. The lowest BCUT2D eigenvalue weighted by Gasteiger charge is -2.23. The molecule has 2 amide bonds. The third kappa shape index (κ3) is 6.27. The number of rotatable bonds is 6. The first kappa shape index (κ1) is 29.9. The second kappa shape index (κ2) is 12.1. The highest BCUT2D eigenvalue weighted by Crippen LogP contribution is 2.42. The summed E-state index contributed by atoms with van der Waals surface area (Å²) in [5, 5.41) is 5.64. The van der Waals surface area contributed by atoms with Gasteiger partial charge in [0.25, 0.3) is 11.8 Å². The highest BCUT2D eigenvalue weighted by Gasteiger charge is 2.32. The number of aromatic nitrogens is 2. The molecule has 0 spiro atoms. The van der Waals surface area contributed by atoms with Crippen molar-refractivity contribution in [1.82, 2.24) is 9.97 Å². The van der Waals surface area contributed by atoms with E-state index in [1.807, 2.05) is 24.3 Å². The molecule has 0 unspecified atom stereocenters. The van der Waals surface area contributed by atoms with Gasteiger partial charge < -0.3 is 15.5 Å². The number of carbonyl (C=O) groups is 2. The summed E-state index contributed by atoms with van der Waals surface area (Å²) in [7, 11) is 0. The predicted octanol–water partition coefficient (Wildman–Crippen LogP) is 7.74. The lowest BCUT2D eigenvalue weighted by Crippen LogP contribution is -2.33. The number of halogens is 4. The molecule has 0 saturated heterocycles. The Balaban J connectivity index is 1.22. The molecule has 3 aromatic heterocycles. The van der Waals surface area contributed by atoms with Crippen molar-refractivity contribution in [3.8, 4) is 10.4 Å². The van der Waals surface area contributed by atoms with Crippen LogP contribution in [0.4, 0.5) is 34.8 Å². The molecule has 12 heteroatoms. The largest absolute Gasteiger partial charge is 0.433 e. The molecule has 0 saturated carbocycles. The van der Waals surface area contributed by atoms with E-state index in [1.165, 1.54) is 29.5 Å². The first-order valence-electron chi connectivity index (χ1n) is 13.9. The maximum absolute atomic E-state index is 14.4. The second-order valence-corrected chi connectivity index (χ2v) is 11.4. The van der Waals surface area contributed by atoms with Crippen LogP contribution in [0.1, 0.15) is 42.7 Å². The average Bonchev–Trinajstić information content (AvgIpc) is 3.40. The van der Waals surface area contributed by atoms with Crippen LogP contribution in [0.25, 0.3) is 10.4 Å². The summed E-state index contributed by atoms with van der Waals surface area (Å²) >= 11 is 1.27. The highest BCUT2D eigenvalue weighted by molar-refractivity contribution is 7.17. The van der Waals surface area contributed by atoms with Crippen molar-refractivity contribution in [1.29, 1.82) is 0 Å². The zero-order valence-electron chi connectivity index (χ0n) is 23.8. The van der Waals surface area contributed by atoms with Crippen molar-refractivity contribution >= 4 is 40.3 Å². The van der Waals surface area contributed by atoms with Gasteiger partial charge in [-0.15, -0.1) is 11.3 Å². The van der Waals surface area contributed by atoms with Crippen LogP contribution in [0.2, 0.25) is 0 Å². The smallest absolute Gasteiger partial charge is 0.364 e. The maximum atomic E-state index is 14.4. The number of anilines is 3. The van der Waals surface area contributed by atoms with Crippen LogP contribution >= 0.6 is 11.3 Å². The Bertz CT molecular complexity index is 1900. The summed E-state index contributed by atoms with van der Waals surface area (Å²) < 4.78 is 53.5. The molecule has 0 bridgehead atoms. The minimum atomic E-state index is -4.55. The number of amides is 2. The normalized spacial score (nSPS) is 12.6. The Morgan fingerprint density at radius 3 is 2.53 bits per heavy atom. The minimum Gasteiger partial charge on any atom is -0.364 e. The zero-order chi connectivity index (χ0) is 31.7. The van der Waals surface area contributed by atoms with E-state index in [4.69, 9.17) is 0 Å². The van der Waals surface area contributed by atoms with Crippen LogP contribution in [-0.2, 0) is 19.1 Å². The van der Waals surface area contributed by atoms with E-state index in [2.05, 4.69) is 20.6 Å². The fourth-order valence-electron chi connectivity index (χ4n) is 5.09. The first-order valence-corrected chi connectivity index (χ1v) is 14.7. The van der Waals surface area contributed by atoms with Gasteiger partial charge in [-0.2, -0.15) is 13.2 Å². The fraction of sp³-hybridized carbons (Fsp3) is 0.152. The molecule has 45 heavy (non-hydrogen) atoms. The fourth-order valence-corrected chi connectivity index (χ4v) is 6.23. The van der Waals surface area contributed by atoms with Crippen LogP contribution in [0.5, 0.6) is 0 Å². The number of alkyl halides is 3. The van der Waals surface area contributed by atoms with E-state index in [0.717, 1.165) is 22.1 Å². The molecule has 2 N–H and O–H groups in total. The Morgan fingerprint density at radius 2 is 1.73 bits per heavy atom. The van der Waals surface area contributed by atoms with E-state index in [9.17, 15) is 27.2 Å².